The zero-order chi connectivity index (χ0) is 20.3. The predicted octanol–water partition coefficient (Wildman–Crippen LogP) is 2.39. The molecule has 1 fully saturated rings. The van der Waals surface area contributed by atoms with Gasteiger partial charge < -0.3 is 10.2 Å². The number of aryl methyl sites for hydroxylation is 2. The van der Waals surface area contributed by atoms with Crippen molar-refractivity contribution in [1.82, 2.24) is 9.21 Å². The van der Waals surface area contributed by atoms with Gasteiger partial charge in [0.1, 0.15) is 5.82 Å². The van der Waals surface area contributed by atoms with E-state index in [1.165, 1.54) is 22.5 Å². The molecule has 0 aromatic heterocycles. The second-order valence-corrected chi connectivity index (χ2v) is 8.85. The van der Waals surface area contributed by atoms with Gasteiger partial charge in [0.2, 0.25) is 15.9 Å². The molecule has 1 amide bonds. The summed E-state index contributed by atoms with van der Waals surface area (Å²) in [6.07, 6.45) is 0. The second kappa shape index (κ2) is 8.28. The molecule has 0 bridgehead atoms. The largest absolute Gasteiger partial charge is 0.376 e. The number of amides is 1. The molecular formula is C20H24FN3O3S. The number of rotatable bonds is 5. The summed E-state index contributed by atoms with van der Waals surface area (Å²) in [5.74, 6) is -0.671. The Labute approximate surface area is 165 Å². The van der Waals surface area contributed by atoms with Crippen LogP contribution in [0, 0.1) is 19.7 Å². The van der Waals surface area contributed by atoms with Gasteiger partial charge in [-0.25, -0.2) is 12.8 Å². The molecule has 0 spiro atoms. The Morgan fingerprint density at radius 2 is 1.79 bits per heavy atom. The molecule has 2 aromatic rings. The second-order valence-electron chi connectivity index (χ2n) is 6.91. The minimum Gasteiger partial charge on any atom is -0.376 e. The van der Waals surface area contributed by atoms with Crippen molar-refractivity contribution in [3.05, 3.63) is 59.4 Å². The molecule has 0 atom stereocenters. The van der Waals surface area contributed by atoms with Gasteiger partial charge in [0.05, 0.1) is 11.4 Å². The Bertz CT molecular complexity index is 970. The highest BCUT2D eigenvalue weighted by molar-refractivity contribution is 7.89. The van der Waals surface area contributed by atoms with Crippen molar-refractivity contribution < 1.29 is 17.6 Å². The lowest BCUT2D eigenvalue weighted by Crippen LogP contribution is -2.51. The van der Waals surface area contributed by atoms with Crippen LogP contribution in [0.3, 0.4) is 0 Å². The van der Waals surface area contributed by atoms with Crippen LogP contribution in [0.1, 0.15) is 11.1 Å². The fraction of sp³-hybridized carbons (Fsp3) is 0.350. The van der Waals surface area contributed by atoms with E-state index in [1.54, 1.807) is 4.90 Å². The van der Waals surface area contributed by atoms with E-state index in [2.05, 4.69) is 5.32 Å². The van der Waals surface area contributed by atoms with Crippen molar-refractivity contribution in [1.29, 1.82) is 0 Å². The van der Waals surface area contributed by atoms with Gasteiger partial charge in [-0.2, -0.15) is 4.31 Å². The molecule has 1 aliphatic rings. The summed E-state index contributed by atoms with van der Waals surface area (Å²) in [4.78, 5) is 14.0. The van der Waals surface area contributed by atoms with Crippen molar-refractivity contribution in [3.8, 4) is 0 Å². The number of anilines is 1. The first-order chi connectivity index (χ1) is 13.3. The average molecular weight is 405 g/mol. The number of carbonyl (C=O) groups is 1. The Balaban J connectivity index is 1.56. The van der Waals surface area contributed by atoms with Gasteiger partial charge in [-0.15, -0.1) is 0 Å². The number of halogens is 1. The molecule has 28 heavy (non-hydrogen) atoms. The monoisotopic (exact) mass is 405 g/mol. The minimum absolute atomic E-state index is 0.0659. The highest BCUT2D eigenvalue weighted by Gasteiger charge is 2.30. The fourth-order valence-electron chi connectivity index (χ4n) is 3.25. The molecule has 1 heterocycles. The first kappa shape index (κ1) is 20.3. The van der Waals surface area contributed by atoms with Gasteiger partial charge in [0.15, 0.2) is 0 Å². The lowest BCUT2D eigenvalue weighted by atomic mass is 10.1. The summed E-state index contributed by atoms with van der Waals surface area (Å²) in [6, 6.07) is 10.9. The number of nitrogens with one attached hydrogen (secondary N) is 1. The Kier molecular flexibility index (Phi) is 6.00. The maximum atomic E-state index is 13.4. The maximum absolute atomic E-state index is 13.4. The van der Waals surface area contributed by atoms with E-state index >= 15 is 0 Å². The average Bonchev–Trinajstić information content (AvgIpc) is 2.67. The molecule has 2 aromatic carbocycles. The summed E-state index contributed by atoms with van der Waals surface area (Å²) in [5, 5.41) is 3.15. The summed E-state index contributed by atoms with van der Waals surface area (Å²) >= 11 is 0. The highest BCUT2D eigenvalue weighted by atomic mass is 32.2. The summed E-state index contributed by atoms with van der Waals surface area (Å²) in [7, 11) is -3.76. The van der Waals surface area contributed by atoms with Gasteiger partial charge >= 0.3 is 0 Å². The van der Waals surface area contributed by atoms with E-state index in [0.29, 0.717) is 13.1 Å². The number of hydrogen-bond acceptors (Lipinski definition) is 4. The molecule has 8 heteroatoms. The summed E-state index contributed by atoms with van der Waals surface area (Å²) < 4.78 is 39.9. The third-order valence-electron chi connectivity index (χ3n) is 4.84. The zero-order valence-electron chi connectivity index (χ0n) is 16.0. The van der Waals surface area contributed by atoms with E-state index < -0.39 is 15.8 Å². The van der Waals surface area contributed by atoms with Crippen LogP contribution in [0.15, 0.2) is 47.4 Å². The van der Waals surface area contributed by atoms with E-state index in [0.717, 1.165) is 22.9 Å². The normalized spacial score (nSPS) is 15.5. The Morgan fingerprint density at radius 3 is 2.43 bits per heavy atom. The van der Waals surface area contributed by atoms with Crippen LogP contribution in [0.4, 0.5) is 10.1 Å². The number of piperazine rings is 1. The molecular weight excluding hydrogens is 381 g/mol. The van der Waals surface area contributed by atoms with Crippen LogP contribution in [-0.2, 0) is 14.8 Å². The van der Waals surface area contributed by atoms with Crippen molar-refractivity contribution in [2.75, 3.05) is 38.0 Å². The zero-order valence-corrected chi connectivity index (χ0v) is 16.8. The lowest BCUT2D eigenvalue weighted by Gasteiger charge is -2.34. The number of sulfonamides is 1. The molecule has 0 unspecified atom stereocenters. The third kappa shape index (κ3) is 4.51. The summed E-state index contributed by atoms with van der Waals surface area (Å²) in [6.45, 7) is 5.14. The van der Waals surface area contributed by atoms with Gasteiger partial charge in [-0.1, -0.05) is 23.8 Å². The highest BCUT2D eigenvalue weighted by Crippen LogP contribution is 2.19. The molecule has 6 nitrogen and oxygen atoms in total. The topological polar surface area (TPSA) is 69.7 Å². The summed E-state index contributed by atoms with van der Waals surface area (Å²) in [5.41, 5.74) is 3.13. The third-order valence-corrected chi connectivity index (χ3v) is 6.73. The van der Waals surface area contributed by atoms with E-state index in [1.807, 2.05) is 32.0 Å². The van der Waals surface area contributed by atoms with Crippen LogP contribution in [0.5, 0.6) is 0 Å². The van der Waals surface area contributed by atoms with Crippen LogP contribution >= 0.6 is 0 Å². The van der Waals surface area contributed by atoms with Crippen molar-refractivity contribution in [3.63, 3.8) is 0 Å². The van der Waals surface area contributed by atoms with Crippen LogP contribution in [0.25, 0.3) is 0 Å². The lowest BCUT2D eigenvalue weighted by molar-refractivity contribution is -0.130. The molecule has 3 rings (SSSR count). The molecule has 1 N–H and O–H groups in total. The van der Waals surface area contributed by atoms with E-state index in [4.69, 9.17) is 0 Å². The van der Waals surface area contributed by atoms with Crippen LogP contribution in [-0.4, -0.2) is 56.3 Å². The molecule has 150 valence electrons. The van der Waals surface area contributed by atoms with Crippen molar-refractivity contribution in [2.24, 2.45) is 0 Å². The first-order valence-electron chi connectivity index (χ1n) is 9.12. The van der Waals surface area contributed by atoms with Gasteiger partial charge in [-0.3, -0.25) is 4.79 Å². The van der Waals surface area contributed by atoms with Gasteiger partial charge in [-0.05, 0) is 43.7 Å². The molecule has 0 radical (unpaired) electrons. The number of nitrogens with zero attached hydrogens (tertiary/aromatic N) is 2. The van der Waals surface area contributed by atoms with E-state index in [-0.39, 0.29) is 30.4 Å². The molecule has 0 aliphatic carbocycles. The van der Waals surface area contributed by atoms with Crippen LogP contribution in [0.2, 0.25) is 0 Å². The first-order valence-corrected chi connectivity index (χ1v) is 10.6. The molecule has 1 aliphatic heterocycles. The van der Waals surface area contributed by atoms with Gasteiger partial charge in [0, 0.05) is 31.9 Å². The fourth-order valence-corrected chi connectivity index (χ4v) is 4.70. The minimum atomic E-state index is -3.76. The number of hydrogen-bond donors (Lipinski definition) is 1. The molecule has 1 saturated heterocycles. The van der Waals surface area contributed by atoms with Crippen molar-refractivity contribution in [2.45, 2.75) is 18.7 Å². The Hall–Kier alpha value is -2.45. The van der Waals surface area contributed by atoms with Gasteiger partial charge in [0.25, 0.3) is 0 Å². The Morgan fingerprint density at radius 1 is 1.07 bits per heavy atom. The quantitative estimate of drug-likeness (QED) is 0.829. The number of carbonyl (C=O) groups excluding carboxylic acids is 1. The maximum Gasteiger partial charge on any atom is 0.243 e. The standard InChI is InChI=1S/C20H24FN3O3S/c1-15-6-7-19(16(2)12-15)22-14-20(25)23-8-10-24(11-9-23)28(26,27)18-5-3-4-17(21)13-18/h3-7,12-13,22H,8-11,14H2,1-2H3. The van der Waals surface area contributed by atoms with E-state index in [9.17, 15) is 17.6 Å². The molecule has 0 saturated carbocycles. The van der Waals surface area contributed by atoms with Crippen molar-refractivity contribution >= 4 is 21.6 Å². The van der Waals surface area contributed by atoms with Crippen LogP contribution < -0.4 is 5.32 Å². The predicted molar refractivity (Wildman–Crippen MR) is 106 cm³/mol. The SMILES string of the molecule is Cc1ccc(NCC(=O)N2CCN(S(=O)(=O)c3cccc(F)c3)CC2)c(C)c1. The smallest absolute Gasteiger partial charge is 0.243 e. The number of benzene rings is 2.